The lowest BCUT2D eigenvalue weighted by atomic mass is 10.1. The average Bonchev–Trinajstić information content (AvgIpc) is 2.91. The minimum atomic E-state index is -3.61. The first-order chi connectivity index (χ1) is 13.3. The predicted molar refractivity (Wildman–Crippen MR) is 108 cm³/mol. The molecule has 0 radical (unpaired) electrons. The molecule has 0 unspecified atom stereocenters. The predicted octanol–water partition coefficient (Wildman–Crippen LogP) is 0.0745. The smallest absolute Gasteiger partial charge is 0.263 e. The molecule has 0 aliphatic carbocycles. The number of sulfonamides is 1. The van der Waals surface area contributed by atoms with Crippen LogP contribution in [0.25, 0.3) is 0 Å². The van der Waals surface area contributed by atoms with Gasteiger partial charge in [0.15, 0.2) is 0 Å². The third-order valence-electron chi connectivity index (χ3n) is 4.41. The number of hydrogen-bond donors (Lipinski definition) is 3. The summed E-state index contributed by atoms with van der Waals surface area (Å²) in [7, 11) is 0.586. The average molecular weight is 402 g/mol. The molecule has 1 amide bonds. The van der Waals surface area contributed by atoms with E-state index in [1.165, 1.54) is 16.5 Å². The van der Waals surface area contributed by atoms with Gasteiger partial charge in [0.1, 0.15) is 18.4 Å². The molecule has 3 N–H and O–H groups in total. The van der Waals surface area contributed by atoms with Crippen LogP contribution in [0.2, 0.25) is 0 Å². The molecular formula is C20H25N4O3S+. The molecule has 1 atom stereocenters. The molecule has 0 bridgehead atoms. The van der Waals surface area contributed by atoms with Crippen molar-refractivity contribution in [2.75, 3.05) is 14.1 Å². The van der Waals surface area contributed by atoms with Crippen molar-refractivity contribution in [1.82, 2.24) is 10.0 Å². The van der Waals surface area contributed by atoms with Crippen LogP contribution in [0.3, 0.4) is 0 Å². The van der Waals surface area contributed by atoms with Crippen LogP contribution in [0.1, 0.15) is 23.6 Å². The van der Waals surface area contributed by atoms with Crippen LogP contribution in [-0.2, 0) is 27.9 Å². The molecule has 1 aliphatic rings. The fraction of sp³-hybridized carbons (Fsp3) is 0.300. The number of amides is 1. The third kappa shape index (κ3) is 4.58. The molecule has 0 spiro atoms. The first-order valence-corrected chi connectivity index (χ1v) is 10.6. The van der Waals surface area contributed by atoms with Gasteiger partial charge in [0.05, 0.1) is 19.0 Å². The second-order valence-electron chi connectivity index (χ2n) is 7.17. The minimum absolute atomic E-state index is 0.181. The van der Waals surface area contributed by atoms with Crippen molar-refractivity contribution < 1.29 is 18.1 Å². The zero-order chi connectivity index (χ0) is 20.3. The molecule has 0 saturated carbocycles. The molecule has 7 nitrogen and oxygen atoms in total. The number of nitrogens with one attached hydrogen (secondary N) is 3. The number of aliphatic imine (C=N–C) groups is 1. The molecule has 8 heteroatoms. The Morgan fingerprint density at radius 2 is 1.75 bits per heavy atom. The Kier molecular flexibility index (Phi) is 5.81. The van der Waals surface area contributed by atoms with Gasteiger partial charge in [0, 0.05) is 17.7 Å². The fourth-order valence-electron chi connectivity index (χ4n) is 3.00. The highest BCUT2D eigenvalue weighted by molar-refractivity contribution is 7.90. The van der Waals surface area contributed by atoms with Crippen molar-refractivity contribution >= 4 is 21.8 Å². The van der Waals surface area contributed by atoms with Crippen LogP contribution in [0, 0.1) is 0 Å². The molecule has 0 fully saturated rings. The SMILES string of the molecule is C[C@H](N=C1NS(=O)(=O)c2ccccc21)C(=O)NCc1ccc(C[NH+](C)C)cc1. The summed E-state index contributed by atoms with van der Waals surface area (Å²) in [4.78, 5) is 18.2. The summed E-state index contributed by atoms with van der Waals surface area (Å²) < 4.78 is 26.7. The summed E-state index contributed by atoms with van der Waals surface area (Å²) in [6, 6.07) is 14.0. The summed E-state index contributed by atoms with van der Waals surface area (Å²) in [5.74, 6) is -0.0633. The van der Waals surface area contributed by atoms with Gasteiger partial charge < -0.3 is 10.2 Å². The normalized spacial score (nSPS) is 17.2. The number of carbonyl (C=O) groups is 1. The van der Waals surface area contributed by atoms with Gasteiger partial charge in [-0.15, -0.1) is 0 Å². The molecule has 148 valence electrons. The lowest BCUT2D eigenvalue weighted by Crippen LogP contribution is -3.04. The van der Waals surface area contributed by atoms with Crippen molar-refractivity contribution in [1.29, 1.82) is 0 Å². The Labute approximate surface area is 165 Å². The highest BCUT2D eigenvalue weighted by Crippen LogP contribution is 2.22. The zero-order valence-corrected chi connectivity index (χ0v) is 17.0. The van der Waals surface area contributed by atoms with Crippen LogP contribution >= 0.6 is 0 Å². The molecule has 1 aliphatic heterocycles. The van der Waals surface area contributed by atoms with E-state index in [0.29, 0.717) is 12.1 Å². The van der Waals surface area contributed by atoms with Gasteiger partial charge >= 0.3 is 0 Å². The van der Waals surface area contributed by atoms with E-state index in [2.05, 4.69) is 41.3 Å². The molecule has 2 aromatic rings. The number of amidine groups is 1. The van der Waals surface area contributed by atoms with E-state index < -0.39 is 16.1 Å². The molecule has 3 rings (SSSR count). The van der Waals surface area contributed by atoms with E-state index in [-0.39, 0.29) is 16.6 Å². The quantitative estimate of drug-likeness (QED) is 0.640. The summed E-state index contributed by atoms with van der Waals surface area (Å²) in [5.41, 5.74) is 2.72. The van der Waals surface area contributed by atoms with E-state index >= 15 is 0 Å². The lowest BCUT2D eigenvalue weighted by molar-refractivity contribution is -0.872. The first kappa shape index (κ1) is 20.0. The summed E-state index contributed by atoms with van der Waals surface area (Å²) in [6.07, 6.45) is 0. The highest BCUT2D eigenvalue weighted by Gasteiger charge is 2.31. The molecule has 2 aromatic carbocycles. The number of fused-ring (bicyclic) bond motifs is 1. The second kappa shape index (κ2) is 8.12. The van der Waals surface area contributed by atoms with Crippen molar-refractivity contribution in [2.24, 2.45) is 4.99 Å². The van der Waals surface area contributed by atoms with Crippen LogP contribution in [0.4, 0.5) is 0 Å². The zero-order valence-electron chi connectivity index (χ0n) is 16.2. The van der Waals surface area contributed by atoms with Gasteiger partial charge in [-0.1, -0.05) is 36.4 Å². The molecule has 1 heterocycles. The number of quaternary nitrogens is 1. The second-order valence-corrected chi connectivity index (χ2v) is 8.82. The van der Waals surface area contributed by atoms with Crippen molar-refractivity contribution in [3.63, 3.8) is 0 Å². The van der Waals surface area contributed by atoms with Crippen molar-refractivity contribution in [2.45, 2.75) is 31.0 Å². The number of hydrogen-bond acceptors (Lipinski definition) is 4. The van der Waals surface area contributed by atoms with Gasteiger partial charge in [0.2, 0.25) is 5.91 Å². The van der Waals surface area contributed by atoms with E-state index in [1.54, 1.807) is 25.1 Å². The van der Waals surface area contributed by atoms with Crippen LogP contribution in [-0.4, -0.2) is 40.3 Å². The molecule has 0 aromatic heterocycles. The maximum absolute atomic E-state index is 12.4. The van der Waals surface area contributed by atoms with Crippen LogP contribution in [0.5, 0.6) is 0 Å². The highest BCUT2D eigenvalue weighted by atomic mass is 32.2. The Morgan fingerprint density at radius 1 is 1.11 bits per heavy atom. The summed E-state index contributed by atoms with van der Waals surface area (Å²) in [6.45, 7) is 2.98. The Hall–Kier alpha value is -2.71. The van der Waals surface area contributed by atoms with Gasteiger partial charge in [-0.3, -0.25) is 14.5 Å². The van der Waals surface area contributed by atoms with Crippen LogP contribution < -0.4 is 14.9 Å². The topological polar surface area (TPSA) is 92.1 Å². The Morgan fingerprint density at radius 3 is 2.43 bits per heavy atom. The Balaban J connectivity index is 1.63. The van der Waals surface area contributed by atoms with Gasteiger partial charge in [-0.2, -0.15) is 0 Å². The van der Waals surface area contributed by atoms with E-state index in [4.69, 9.17) is 0 Å². The monoisotopic (exact) mass is 401 g/mol. The summed E-state index contributed by atoms with van der Waals surface area (Å²) in [5, 5.41) is 2.85. The van der Waals surface area contributed by atoms with E-state index in [1.807, 2.05) is 12.1 Å². The minimum Gasteiger partial charge on any atom is -0.350 e. The number of carbonyl (C=O) groups excluding carboxylic acids is 1. The summed E-state index contributed by atoms with van der Waals surface area (Å²) >= 11 is 0. The van der Waals surface area contributed by atoms with Crippen molar-refractivity contribution in [3.05, 3.63) is 65.2 Å². The largest absolute Gasteiger partial charge is 0.350 e. The number of benzene rings is 2. The lowest BCUT2D eigenvalue weighted by Gasteiger charge is -2.11. The standard InChI is InChI=1S/C20H24N4O3S/c1-14(22-19-17-6-4-5-7-18(17)28(26,27)23-19)20(25)21-12-15-8-10-16(11-9-15)13-24(2)3/h4-11,14H,12-13H2,1-3H3,(H,21,25)(H,22,23)/p+1/t14-/m0/s1. The van der Waals surface area contributed by atoms with Gasteiger partial charge in [0.25, 0.3) is 10.0 Å². The maximum atomic E-state index is 12.4. The number of rotatable bonds is 6. The first-order valence-electron chi connectivity index (χ1n) is 9.11. The fourth-order valence-corrected chi connectivity index (χ4v) is 4.24. The molecule has 28 heavy (non-hydrogen) atoms. The van der Waals surface area contributed by atoms with Crippen LogP contribution in [0.15, 0.2) is 58.4 Å². The molecule has 0 saturated heterocycles. The van der Waals surface area contributed by atoms with E-state index in [0.717, 1.165) is 12.1 Å². The van der Waals surface area contributed by atoms with E-state index in [9.17, 15) is 13.2 Å². The maximum Gasteiger partial charge on any atom is 0.263 e. The van der Waals surface area contributed by atoms with Gasteiger partial charge in [-0.25, -0.2) is 8.42 Å². The van der Waals surface area contributed by atoms with Gasteiger partial charge in [-0.05, 0) is 24.6 Å². The molecular weight excluding hydrogens is 376 g/mol. The Bertz CT molecular complexity index is 998. The van der Waals surface area contributed by atoms with Crippen molar-refractivity contribution in [3.8, 4) is 0 Å². The third-order valence-corrected chi connectivity index (χ3v) is 5.81. The number of nitrogens with zero attached hydrogens (tertiary/aromatic N) is 1.